The van der Waals surface area contributed by atoms with Gasteiger partial charge in [-0.05, 0) is 43.5 Å². The summed E-state index contributed by atoms with van der Waals surface area (Å²) >= 11 is 0. The van der Waals surface area contributed by atoms with Crippen LogP contribution in [0, 0.1) is 5.92 Å². The highest BCUT2D eigenvalue weighted by Crippen LogP contribution is 2.10. The number of rotatable bonds is 7. The summed E-state index contributed by atoms with van der Waals surface area (Å²) in [6.45, 7) is 6.75. The van der Waals surface area contributed by atoms with Gasteiger partial charge in [0.05, 0.1) is 24.3 Å². The van der Waals surface area contributed by atoms with Crippen molar-refractivity contribution in [3.05, 3.63) is 35.4 Å². The molecule has 0 saturated heterocycles. The summed E-state index contributed by atoms with van der Waals surface area (Å²) in [5.74, 6) is -0.193. The molecule has 0 fully saturated rings. The predicted octanol–water partition coefficient (Wildman–Crippen LogP) is 3.46. The molecule has 4 heteroatoms. The first-order valence-corrected chi connectivity index (χ1v) is 7.02. The first-order chi connectivity index (χ1) is 9.58. The molecule has 1 rings (SSSR count). The van der Waals surface area contributed by atoms with E-state index in [1.54, 1.807) is 31.2 Å². The maximum atomic E-state index is 11.8. The minimum atomic E-state index is -0.385. The van der Waals surface area contributed by atoms with Gasteiger partial charge in [0.25, 0.3) is 0 Å². The van der Waals surface area contributed by atoms with Gasteiger partial charge in [0.1, 0.15) is 0 Å². The van der Waals surface area contributed by atoms with Crippen LogP contribution in [0.2, 0.25) is 0 Å². The van der Waals surface area contributed by atoms with E-state index in [4.69, 9.17) is 9.47 Å². The molecule has 0 amide bonds. The Hall–Kier alpha value is -1.84. The van der Waals surface area contributed by atoms with Crippen molar-refractivity contribution in [2.45, 2.75) is 33.6 Å². The molecule has 0 heterocycles. The number of hydrogen-bond acceptors (Lipinski definition) is 4. The number of ether oxygens (including phenoxy) is 2. The average molecular weight is 278 g/mol. The molecule has 4 nitrogen and oxygen atoms in total. The van der Waals surface area contributed by atoms with Crippen LogP contribution in [0.25, 0.3) is 0 Å². The van der Waals surface area contributed by atoms with E-state index in [-0.39, 0.29) is 11.9 Å². The molecule has 1 aromatic carbocycles. The number of benzene rings is 1. The normalized spacial score (nSPS) is 11.8. The van der Waals surface area contributed by atoms with E-state index in [0.717, 1.165) is 12.8 Å². The zero-order chi connectivity index (χ0) is 15.0. The van der Waals surface area contributed by atoms with Crippen LogP contribution in [-0.2, 0) is 9.47 Å². The van der Waals surface area contributed by atoms with Crippen LogP contribution in [0.4, 0.5) is 0 Å². The third-order valence-corrected chi connectivity index (χ3v) is 3.17. The average Bonchev–Trinajstić information content (AvgIpc) is 2.47. The molecule has 0 N–H and O–H groups in total. The molecule has 1 atom stereocenters. The smallest absolute Gasteiger partial charge is 0.338 e. The second kappa shape index (κ2) is 8.35. The van der Waals surface area contributed by atoms with Crippen molar-refractivity contribution in [1.29, 1.82) is 0 Å². The molecule has 0 radical (unpaired) electrons. The molecule has 0 aromatic heterocycles. The van der Waals surface area contributed by atoms with E-state index < -0.39 is 0 Å². The molecular formula is C16H22O4. The van der Waals surface area contributed by atoms with Gasteiger partial charge < -0.3 is 9.47 Å². The highest BCUT2D eigenvalue weighted by Gasteiger charge is 2.10. The maximum Gasteiger partial charge on any atom is 0.338 e. The summed E-state index contributed by atoms with van der Waals surface area (Å²) < 4.78 is 10.1. The van der Waals surface area contributed by atoms with Gasteiger partial charge in [-0.2, -0.15) is 0 Å². The highest BCUT2D eigenvalue weighted by molar-refractivity contribution is 5.93. The molecule has 0 aliphatic heterocycles. The molecule has 0 saturated carbocycles. The summed E-state index contributed by atoms with van der Waals surface area (Å²) in [5, 5.41) is 0. The Labute approximate surface area is 120 Å². The van der Waals surface area contributed by atoms with Crippen LogP contribution in [0.3, 0.4) is 0 Å². The van der Waals surface area contributed by atoms with Gasteiger partial charge in [-0.25, -0.2) is 9.59 Å². The van der Waals surface area contributed by atoms with Crippen LogP contribution < -0.4 is 0 Å². The van der Waals surface area contributed by atoms with Crippen molar-refractivity contribution in [3.8, 4) is 0 Å². The lowest BCUT2D eigenvalue weighted by Gasteiger charge is -2.09. The second-order valence-electron chi connectivity index (χ2n) is 4.74. The fraction of sp³-hybridized carbons (Fsp3) is 0.500. The Morgan fingerprint density at radius 2 is 1.50 bits per heavy atom. The predicted molar refractivity (Wildman–Crippen MR) is 76.8 cm³/mol. The summed E-state index contributed by atoms with van der Waals surface area (Å²) in [6, 6.07) is 6.31. The molecule has 1 unspecified atom stereocenters. The van der Waals surface area contributed by atoms with Crippen molar-refractivity contribution < 1.29 is 19.1 Å². The molecule has 110 valence electrons. The van der Waals surface area contributed by atoms with Gasteiger partial charge >= 0.3 is 11.9 Å². The van der Waals surface area contributed by atoms with Crippen LogP contribution in [-0.4, -0.2) is 25.2 Å². The number of carbonyl (C=O) groups is 2. The molecule has 1 aromatic rings. The first kappa shape index (κ1) is 16.2. The van der Waals surface area contributed by atoms with E-state index in [2.05, 4.69) is 13.8 Å². The SMILES string of the molecule is CCOC(=O)c1ccc(C(=O)OCCC(C)CC)cc1. The fourth-order valence-corrected chi connectivity index (χ4v) is 1.60. The summed E-state index contributed by atoms with van der Waals surface area (Å²) in [5.41, 5.74) is 0.880. The third kappa shape index (κ3) is 5.03. The van der Waals surface area contributed by atoms with E-state index in [0.29, 0.717) is 30.3 Å². The molecule has 0 bridgehead atoms. The molecule has 0 aliphatic carbocycles. The van der Waals surface area contributed by atoms with Crippen molar-refractivity contribution in [1.82, 2.24) is 0 Å². The Bertz CT molecular complexity index is 436. The van der Waals surface area contributed by atoms with Crippen molar-refractivity contribution in [2.24, 2.45) is 5.92 Å². The molecule has 0 spiro atoms. The number of esters is 2. The Morgan fingerprint density at radius 1 is 1.00 bits per heavy atom. The second-order valence-corrected chi connectivity index (χ2v) is 4.74. The number of hydrogen-bond donors (Lipinski definition) is 0. The van der Waals surface area contributed by atoms with E-state index >= 15 is 0 Å². The van der Waals surface area contributed by atoms with Crippen LogP contribution in [0.5, 0.6) is 0 Å². The fourth-order valence-electron chi connectivity index (χ4n) is 1.60. The summed E-state index contributed by atoms with van der Waals surface area (Å²) in [4.78, 5) is 23.3. The van der Waals surface area contributed by atoms with E-state index in [1.165, 1.54) is 0 Å². The Morgan fingerprint density at radius 3 is 1.95 bits per heavy atom. The van der Waals surface area contributed by atoms with Gasteiger partial charge in [-0.15, -0.1) is 0 Å². The van der Waals surface area contributed by atoms with Crippen LogP contribution in [0.15, 0.2) is 24.3 Å². The van der Waals surface area contributed by atoms with Gasteiger partial charge in [0.2, 0.25) is 0 Å². The van der Waals surface area contributed by atoms with Crippen molar-refractivity contribution in [3.63, 3.8) is 0 Å². The zero-order valence-electron chi connectivity index (χ0n) is 12.3. The van der Waals surface area contributed by atoms with Crippen molar-refractivity contribution >= 4 is 11.9 Å². The maximum absolute atomic E-state index is 11.8. The Kier molecular flexibility index (Phi) is 6.77. The van der Waals surface area contributed by atoms with Crippen LogP contribution >= 0.6 is 0 Å². The topological polar surface area (TPSA) is 52.6 Å². The van der Waals surface area contributed by atoms with Gasteiger partial charge in [0, 0.05) is 0 Å². The Balaban J connectivity index is 2.51. The molecule has 0 aliphatic rings. The van der Waals surface area contributed by atoms with E-state index in [1.807, 2.05) is 0 Å². The minimum absolute atomic E-state index is 0.332. The summed E-state index contributed by atoms with van der Waals surface area (Å²) in [6.07, 6.45) is 1.94. The monoisotopic (exact) mass is 278 g/mol. The standard InChI is InChI=1S/C16H22O4/c1-4-12(3)10-11-20-16(18)14-8-6-13(7-9-14)15(17)19-5-2/h6-9,12H,4-5,10-11H2,1-3H3. The van der Waals surface area contributed by atoms with Gasteiger partial charge in [0.15, 0.2) is 0 Å². The lowest BCUT2D eigenvalue weighted by Crippen LogP contribution is -2.10. The first-order valence-electron chi connectivity index (χ1n) is 7.02. The van der Waals surface area contributed by atoms with Crippen molar-refractivity contribution in [2.75, 3.05) is 13.2 Å². The summed E-state index contributed by atoms with van der Waals surface area (Å²) in [7, 11) is 0. The number of carbonyl (C=O) groups excluding carboxylic acids is 2. The highest BCUT2D eigenvalue weighted by atomic mass is 16.5. The largest absolute Gasteiger partial charge is 0.462 e. The quantitative estimate of drug-likeness (QED) is 0.717. The molecular weight excluding hydrogens is 256 g/mol. The van der Waals surface area contributed by atoms with Gasteiger partial charge in [-0.1, -0.05) is 20.3 Å². The minimum Gasteiger partial charge on any atom is -0.462 e. The molecule has 20 heavy (non-hydrogen) atoms. The zero-order valence-corrected chi connectivity index (χ0v) is 12.3. The third-order valence-electron chi connectivity index (χ3n) is 3.17. The lowest BCUT2D eigenvalue weighted by atomic mass is 10.1. The van der Waals surface area contributed by atoms with E-state index in [9.17, 15) is 9.59 Å². The van der Waals surface area contributed by atoms with Gasteiger partial charge in [-0.3, -0.25) is 0 Å². The van der Waals surface area contributed by atoms with Crippen LogP contribution in [0.1, 0.15) is 54.3 Å². The lowest BCUT2D eigenvalue weighted by molar-refractivity contribution is 0.0480.